The lowest BCUT2D eigenvalue weighted by atomic mass is 10.1. The number of hydrogen-bond acceptors (Lipinski definition) is 2. The van der Waals surface area contributed by atoms with Crippen LogP contribution >= 0.6 is 0 Å². The van der Waals surface area contributed by atoms with Crippen molar-refractivity contribution in [3.8, 4) is 0 Å². The Kier molecular flexibility index (Phi) is 3.51. The van der Waals surface area contributed by atoms with Gasteiger partial charge in [0.25, 0.3) is 0 Å². The number of ether oxygens (including phenoxy) is 1. The average Bonchev–Trinajstić information content (AvgIpc) is 2.14. The van der Waals surface area contributed by atoms with E-state index in [1.54, 1.807) is 0 Å². The Morgan fingerprint density at radius 2 is 2.29 bits per heavy atom. The van der Waals surface area contributed by atoms with Gasteiger partial charge in [0.1, 0.15) is 6.10 Å². The minimum absolute atomic E-state index is 0.229. The zero-order valence-electron chi connectivity index (χ0n) is 8.49. The summed E-state index contributed by atoms with van der Waals surface area (Å²) in [6.45, 7) is 3.95. The molecule has 0 aliphatic heterocycles. The zero-order valence-corrected chi connectivity index (χ0v) is 8.49. The molecule has 1 amide bonds. The highest BCUT2D eigenvalue weighted by atomic mass is 16.6. The number of carbonyl (C=O) groups excluding carboxylic acids is 1. The predicted octanol–water partition coefficient (Wildman–Crippen LogP) is 2.54. The number of aryl methyl sites for hydroxylation is 1. The van der Waals surface area contributed by atoms with Gasteiger partial charge in [-0.1, -0.05) is 36.8 Å². The molecule has 0 fully saturated rings. The predicted molar refractivity (Wildman–Crippen MR) is 54.9 cm³/mol. The van der Waals surface area contributed by atoms with Crippen molar-refractivity contribution in [2.24, 2.45) is 5.73 Å². The molecule has 0 heterocycles. The van der Waals surface area contributed by atoms with Crippen LogP contribution in [0.4, 0.5) is 4.79 Å². The molecule has 76 valence electrons. The second kappa shape index (κ2) is 4.65. The van der Waals surface area contributed by atoms with Gasteiger partial charge in [-0.15, -0.1) is 0 Å². The number of primary amides is 1. The van der Waals surface area contributed by atoms with Crippen LogP contribution in [0.25, 0.3) is 0 Å². The van der Waals surface area contributed by atoms with Crippen LogP contribution in [-0.4, -0.2) is 6.09 Å². The van der Waals surface area contributed by atoms with E-state index in [0.29, 0.717) is 0 Å². The van der Waals surface area contributed by atoms with Gasteiger partial charge in [-0.05, 0) is 18.9 Å². The van der Waals surface area contributed by atoms with Crippen LogP contribution in [0.1, 0.15) is 30.6 Å². The SMILES string of the molecule is CCC(OC(N)=O)c1cccc(C)c1. The summed E-state index contributed by atoms with van der Waals surface area (Å²) in [5.41, 5.74) is 7.12. The first-order chi connectivity index (χ1) is 6.63. The fraction of sp³-hybridized carbons (Fsp3) is 0.364. The van der Waals surface area contributed by atoms with Crippen LogP contribution in [0.15, 0.2) is 24.3 Å². The number of hydrogen-bond donors (Lipinski definition) is 1. The van der Waals surface area contributed by atoms with Gasteiger partial charge in [0, 0.05) is 0 Å². The van der Waals surface area contributed by atoms with Gasteiger partial charge in [-0.25, -0.2) is 4.79 Å². The quantitative estimate of drug-likeness (QED) is 0.802. The molecule has 0 aromatic heterocycles. The molecule has 0 saturated carbocycles. The van der Waals surface area contributed by atoms with E-state index in [1.807, 2.05) is 38.1 Å². The van der Waals surface area contributed by atoms with Gasteiger partial charge >= 0.3 is 6.09 Å². The molecular formula is C11H15NO2. The molecule has 0 bridgehead atoms. The van der Waals surface area contributed by atoms with Crippen molar-refractivity contribution in [3.05, 3.63) is 35.4 Å². The molecule has 3 heteroatoms. The second-order valence-electron chi connectivity index (χ2n) is 3.25. The summed E-state index contributed by atoms with van der Waals surface area (Å²) in [6, 6.07) is 7.87. The summed E-state index contributed by atoms with van der Waals surface area (Å²) in [7, 11) is 0. The highest BCUT2D eigenvalue weighted by Crippen LogP contribution is 2.21. The first-order valence-electron chi connectivity index (χ1n) is 4.66. The van der Waals surface area contributed by atoms with Crippen LogP contribution < -0.4 is 5.73 Å². The maximum Gasteiger partial charge on any atom is 0.405 e. The van der Waals surface area contributed by atoms with Crippen molar-refractivity contribution >= 4 is 6.09 Å². The van der Waals surface area contributed by atoms with Crippen LogP contribution in [0.2, 0.25) is 0 Å². The third kappa shape index (κ3) is 2.76. The van der Waals surface area contributed by atoms with Crippen molar-refractivity contribution in [1.82, 2.24) is 0 Å². The lowest BCUT2D eigenvalue weighted by Crippen LogP contribution is -2.17. The highest BCUT2D eigenvalue weighted by Gasteiger charge is 2.12. The minimum atomic E-state index is -0.724. The monoisotopic (exact) mass is 193 g/mol. The average molecular weight is 193 g/mol. The number of amides is 1. The van der Waals surface area contributed by atoms with Crippen molar-refractivity contribution in [1.29, 1.82) is 0 Å². The molecule has 1 aromatic carbocycles. The third-order valence-electron chi connectivity index (χ3n) is 2.04. The molecule has 0 aliphatic carbocycles. The van der Waals surface area contributed by atoms with E-state index in [4.69, 9.17) is 10.5 Å². The van der Waals surface area contributed by atoms with E-state index in [1.165, 1.54) is 0 Å². The Balaban J connectivity index is 2.83. The Labute approximate surface area is 83.9 Å². The number of benzene rings is 1. The van der Waals surface area contributed by atoms with Crippen molar-refractivity contribution in [2.75, 3.05) is 0 Å². The molecule has 0 radical (unpaired) electrons. The summed E-state index contributed by atoms with van der Waals surface area (Å²) in [5.74, 6) is 0. The minimum Gasteiger partial charge on any atom is -0.442 e. The topological polar surface area (TPSA) is 52.3 Å². The van der Waals surface area contributed by atoms with Crippen molar-refractivity contribution in [2.45, 2.75) is 26.4 Å². The molecule has 2 N–H and O–H groups in total. The van der Waals surface area contributed by atoms with E-state index >= 15 is 0 Å². The summed E-state index contributed by atoms with van der Waals surface area (Å²) < 4.78 is 4.98. The Bertz CT molecular complexity index is 323. The number of rotatable bonds is 3. The lowest BCUT2D eigenvalue weighted by molar-refractivity contribution is 0.104. The summed E-state index contributed by atoms with van der Waals surface area (Å²) in [4.78, 5) is 10.6. The van der Waals surface area contributed by atoms with Crippen molar-refractivity contribution in [3.63, 3.8) is 0 Å². The Morgan fingerprint density at radius 1 is 1.57 bits per heavy atom. The van der Waals surface area contributed by atoms with E-state index in [9.17, 15) is 4.79 Å². The van der Waals surface area contributed by atoms with Gasteiger partial charge in [-0.2, -0.15) is 0 Å². The fourth-order valence-electron chi connectivity index (χ4n) is 1.40. The van der Waals surface area contributed by atoms with Crippen molar-refractivity contribution < 1.29 is 9.53 Å². The van der Waals surface area contributed by atoms with Crippen LogP contribution in [0.3, 0.4) is 0 Å². The largest absolute Gasteiger partial charge is 0.442 e. The van der Waals surface area contributed by atoms with E-state index in [0.717, 1.165) is 17.5 Å². The smallest absolute Gasteiger partial charge is 0.405 e. The first-order valence-corrected chi connectivity index (χ1v) is 4.66. The van der Waals surface area contributed by atoms with E-state index in [-0.39, 0.29) is 6.10 Å². The maximum absolute atomic E-state index is 10.6. The lowest BCUT2D eigenvalue weighted by Gasteiger charge is -2.15. The first kappa shape index (κ1) is 10.6. The van der Waals surface area contributed by atoms with E-state index in [2.05, 4.69) is 0 Å². The van der Waals surface area contributed by atoms with E-state index < -0.39 is 6.09 Å². The fourth-order valence-corrected chi connectivity index (χ4v) is 1.40. The summed E-state index contributed by atoms with van der Waals surface area (Å²) in [6.07, 6.45) is -0.224. The van der Waals surface area contributed by atoms with Gasteiger partial charge < -0.3 is 10.5 Å². The highest BCUT2D eigenvalue weighted by molar-refractivity contribution is 5.65. The van der Waals surface area contributed by atoms with Gasteiger partial charge in [-0.3, -0.25) is 0 Å². The summed E-state index contributed by atoms with van der Waals surface area (Å²) in [5, 5.41) is 0. The van der Waals surface area contributed by atoms with Gasteiger partial charge in [0.2, 0.25) is 0 Å². The van der Waals surface area contributed by atoms with Crippen LogP contribution in [0, 0.1) is 6.92 Å². The Morgan fingerprint density at radius 3 is 2.79 bits per heavy atom. The molecule has 0 spiro atoms. The molecule has 3 nitrogen and oxygen atoms in total. The molecular weight excluding hydrogens is 178 g/mol. The van der Waals surface area contributed by atoms with Gasteiger partial charge in [0.15, 0.2) is 0 Å². The van der Waals surface area contributed by atoms with Crippen LogP contribution in [0.5, 0.6) is 0 Å². The molecule has 1 unspecified atom stereocenters. The van der Waals surface area contributed by atoms with Gasteiger partial charge in [0.05, 0.1) is 0 Å². The number of carbonyl (C=O) groups is 1. The zero-order chi connectivity index (χ0) is 10.6. The molecule has 1 aromatic rings. The third-order valence-corrected chi connectivity index (χ3v) is 2.04. The Hall–Kier alpha value is -1.51. The molecule has 0 saturated heterocycles. The normalized spacial score (nSPS) is 12.1. The maximum atomic E-state index is 10.6. The molecule has 14 heavy (non-hydrogen) atoms. The van der Waals surface area contributed by atoms with Crippen LogP contribution in [-0.2, 0) is 4.74 Å². The molecule has 1 rings (SSSR count). The number of nitrogens with two attached hydrogens (primary N) is 1. The summed E-state index contributed by atoms with van der Waals surface area (Å²) >= 11 is 0. The molecule has 1 atom stereocenters. The standard InChI is InChI=1S/C11H15NO2/c1-3-10(14-11(12)13)9-6-4-5-8(2)7-9/h4-7,10H,3H2,1-2H3,(H2,12,13). The molecule has 0 aliphatic rings. The second-order valence-corrected chi connectivity index (χ2v) is 3.25.